The van der Waals surface area contributed by atoms with Crippen molar-refractivity contribution >= 4 is 11.8 Å². The minimum atomic E-state index is -0.346. The summed E-state index contributed by atoms with van der Waals surface area (Å²) in [6, 6.07) is 5.23. The van der Waals surface area contributed by atoms with E-state index in [-0.39, 0.29) is 12.1 Å². The Kier molecular flexibility index (Phi) is 2.84. The maximum atomic E-state index is 10.6. The van der Waals surface area contributed by atoms with Gasteiger partial charge in [0.2, 0.25) is 0 Å². The van der Waals surface area contributed by atoms with Crippen molar-refractivity contribution in [2.45, 2.75) is 20.0 Å². The third kappa shape index (κ3) is 2.74. The summed E-state index contributed by atoms with van der Waals surface area (Å²) >= 11 is 0. The molecule has 0 saturated carbocycles. The van der Waals surface area contributed by atoms with Gasteiger partial charge in [0.1, 0.15) is 11.9 Å². The Hall–Kier alpha value is -1.58. The van der Waals surface area contributed by atoms with Crippen LogP contribution in [0.15, 0.2) is 18.2 Å². The van der Waals surface area contributed by atoms with Gasteiger partial charge in [0.05, 0.1) is 5.69 Å². The molecule has 70 valence electrons. The van der Waals surface area contributed by atoms with Crippen molar-refractivity contribution in [2.75, 3.05) is 5.73 Å². The summed E-state index contributed by atoms with van der Waals surface area (Å²) in [5, 5.41) is 0. The van der Waals surface area contributed by atoms with Crippen LogP contribution in [0.5, 0.6) is 0 Å². The fourth-order valence-electron chi connectivity index (χ4n) is 1.00. The minimum Gasteiger partial charge on any atom is -0.456 e. The van der Waals surface area contributed by atoms with E-state index >= 15 is 0 Å². The Labute approximate surface area is 76.7 Å². The average Bonchev–Trinajstić information content (AvgIpc) is 2.03. The number of nitrogens with two attached hydrogens (primary N) is 1. The van der Waals surface area contributed by atoms with Crippen LogP contribution in [0.3, 0.4) is 0 Å². The van der Waals surface area contributed by atoms with Gasteiger partial charge in [-0.3, -0.25) is 4.79 Å². The van der Waals surface area contributed by atoms with E-state index in [0.29, 0.717) is 11.5 Å². The zero-order valence-electron chi connectivity index (χ0n) is 7.65. The molecular weight excluding hydrogens is 168 g/mol. The van der Waals surface area contributed by atoms with Gasteiger partial charge in [0.15, 0.2) is 0 Å². The lowest BCUT2D eigenvalue weighted by Gasteiger charge is -2.10. The lowest BCUT2D eigenvalue weighted by atomic mass is 10.2. The second-order valence-electron chi connectivity index (χ2n) is 2.74. The fraction of sp³-hybridized carbons (Fsp3) is 0.333. The maximum Gasteiger partial charge on any atom is 0.303 e. The SMILES string of the molecule is CC(=O)OC(C)c1cccc(N)n1. The van der Waals surface area contributed by atoms with Crippen molar-refractivity contribution in [3.05, 3.63) is 23.9 Å². The quantitative estimate of drug-likeness (QED) is 0.696. The van der Waals surface area contributed by atoms with Crippen molar-refractivity contribution in [1.29, 1.82) is 0 Å². The normalized spacial score (nSPS) is 12.2. The number of esters is 1. The molecule has 0 aliphatic rings. The lowest BCUT2D eigenvalue weighted by Crippen LogP contribution is -2.07. The molecule has 1 aromatic rings. The third-order valence-corrected chi connectivity index (χ3v) is 1.55. The molecule has 0 amide bonds. The van der Waals surface area contributed by atoms with Crippen LogP contribution in [-0.4, -0.2) is 11.0 Å². The van der Waals surface area contributed by atoms with Crippen LogP contribution in [0.4, 0.5) is 5.82 Å². The van der Waals surface area contributed by atoms with E-state index in [9.17, 15) is 4.79 Å². The van der Waals surface area contributed by atoms with E-state index in [1.165, 1.54) is 6.92 Å². The number of carbonyl (C=O) groups is 1. The Bertz CT molecular complexity index is 312. The summed E-state index contributed by atoms with van der Waals surface area (Å²) < 4.78 is 4.93. The van der Waals surface area contributed by atoms with Crippen LogP contribution < -0.4 is 5.73 Å². The van der Waals surface area contributed by atoms with E-state index in [0.717, 1.165) is 0 Å². The maximum absolute atomic E-state index is 10.6. The van der Waals surface area contributed by atoms with Gasteiger partial charge in [-0.2, -0.15) is 0 Å². The van der Waals surface area contributed by atoms with E-state index < -0.39 is 0 Å². The summed E-state index contributed by atoms with van der Waals surface area (Å²) in [5.41, 5.74) is 6.14. The van der Waals surface area contributed by atoms with Crippen molar-refractivity contribution in [3.63, 3.8) is 0 Å². The number of pyridine rings is 1. The first-order chi connectivity index (χ1) is 6.09. The average molecular weight is 180 g/mol. The molecule has 0 aliphatic carbocycles. The Morgan fingerprint density at radius 2 is 2.31 bits per heavy atom. The van der Waals surface area contributed by atoms with E-state index in [2.05, 4.69) is 4.98 Å². The minimum absolute atomic E-state index is 0.322. The van der Waals surface area contributed by atoms with Crippen molar-refractivity contribution < 1.29 is 9.53 Å². The van der Waals surface area contributed by atoms with Gasteiger partial charge in [-0.05, 0) is 19.1 Å². The van der Waals surface area contributed by atoms with Gasteiger partial charge in [0, 0.05) is 6.92 Å². The summed E-state index contributed by atoms with van der Waals surface area (Å²) in [7, 11) is 0. The van der Waals surface area contributed by atoms with Gasteiger partial charge in [-0.15, -0.1) is 0 Å². The van der Waals surface area contributed by atoms with Crippen LogP contribution in [0, 0.1) is 0 Å². The third-order valence-electron chi connectivity index (χ3n) is 1.55. The van der Waals surface area contributed by atoms with Crippen molar-refractivity contribution in [1.82, 2.24) is 4.98 Å². The molecule has 2 N–H and O–H groups in total. The second-order valence-corrected chi connectivity index (χ2v) is 2.74. The molecule has 13 heavy (non-hydrogen) atoms. The van der Waals surface area contributed by atoms with E-state index in [4.69, 9.17) is 10.5 Å². The number of nitrogens with zero attached hydrogens (tertiary/aromatic N) is 1. The van der Waals surface area contributed by atoms with E-state index in [1.807, 2.05) is 0 Å². The second kappa shape index (κ2) is 3.89. The molecule has 4 heteroatoms. The molecule has 1 heterocycles. The molecule has 0 aliphatic heterocycles. The van der Waals surface area contributed by atoms with Gasteiger partial charge in [-0.25, -0.2) is 4.98 Å². The molecule has 1 atom stereocenters. The molecular formula is C9H12N2O2. The summed E-state index contributed by atoms with van der Waals surface area (Å²) in [4.78, 5) is 14.7. The Balaban J connectivity index is 2.76. The summed E-state index contributed by atoms with van der Waals surface area (Å²) in [6.45, 7) is 3.12. The predicted octanol–water partition coefficient (Wildman–Crippen LogP) is 1.29. The van der Waals surface area contributed by atoms with Gasteiger partial charge in [-0.1, -0.05) is 6.07 Å². The number of carbonyl (C=O) groups excluding carboxylic acids is 1. The largest absolute Gasteiger partial charge is 0.456 e. The van der Waals surface area contributed by atoms with Gasteiger partial charge in [0.25, 0.3) is 0 Å². The topological polar surface area (TPSA) is 65.2 Å². The first-order valence-corrected chi connectivity index (χ1v) is 3.99. The highest BCUT2D eigenvalue weighted by molar-refractivity contribution is 5.66. The first-order valence-electron chi connectivity index (χ1n) is 3.99. The van der Waals surface area contributed by atoms with Crippen molar-refractivity contribution in [2.24, 2.45) is 0 Å². The van der Waals surface area contributed by atoms with Crippen LogP contribution in [0.25, 0.3) is 0 Å². The van der Waals surface area contributed by atoms with Crippen LogP contribution >= 0.6 is 0 Å². The number of ether oxygens (including phenoxy) is 1. The number of aromatic nitrogens is 1. The monoisotopic (exact) mass is 180 g/mol. The Morgan fingerprint density at radius 3 is 2.85 bits per heavy atom. The molecule has 1 unspecified atom stereocenters. The number of hydrogen-bond acceptors (Lipinski definition) is 4. The number of nitrogen functional groups attached to an aromatic ring is 1. The zero-order valence-corrected chi connectivity index (χ0v) is 7.65. The smallest absolute Gasteiger partial charge is 0.303 e. The molecule has 1 rings (SSSR count). The number of hydrogen-bond donors (Lipinski definition) is 1. The van der Waals surface area contributed by atoms with Crippen LogP contribution in [-0.2, 0) is 9.53 Å². The number of anilines is 1. The zero-order chi connectivity index (χ0) is 9.84. The Morgan fingerprint density at radius 1 is 1.62 bits per heavy atom. The predicted molar refractivity (Wildman–Crippen MR) is 48.8 cm³/mol. The molecule has 0 spiro atoms. The van der Waals surface area contributed by atoms with Crippen molar-refractivity contribution in [3.8, 4) is 0 Å². The lowest BCUT2D eigenvalue weighted by molar-refractivity contribution is -0.145. The number of rotatable bonds is 2. The van der Waals surface area contributed by atoms with Crippen LogP contribution in [0.2, 0.25) is 0 Å². The first kappa shape index (κ1) is 9.51. The molecule has 0 bridgehead atoms. The molecule has 0 radical (unpaired) electrons. The van der Waals surface area contributed by atoms with Crippen LogP contribution in [0.1, 0.15) is 25.6 Å². The molecule has 0 fully saturated rings. The molecule has 1 aromatic heterocycles. The molecule has 0 saturated heterocycles. The highest BCUT2D eigenvalue weighted by Crippen LogP contribution is 2.14. The van der Waals surface area contributed by atoms with Gasteiger partial charge >= 0.3 is 5.97 Å². The highest BCUT2D eigenvalue weighted by Gasteiger charge is 2.09. The van der Waals surface area contributed by atoms with E-state index in [1.54, 1.807) is 25.1 Å². The van der Waals surface area contributed by atoms with Gasteiger partial charge < -0.3 is 10.5 Å². The standard InChI is InChI=1S/C9H12N2O2/c1-6(13-7(2)12)8-4-3-5-9(10)11-8/h3-6H,1-2H3,(H2,10,11). The highest BCUT2D eigenvalue weighted by atomic mass is 16.5. The summed E-state index contributed by atoms with van der Waals surface area (Å²) in [6.07, 6.45) is -0.346. The summed E-state index contributed by atoms with van der Waals surface area (Å²) in [5.74, 6) is 0.105. The molecule has 4 nitrogen and oxygen atoms in total. The fourth-order valence-corrected chi connectivity index (χ4v) is 1.00. The molecule has 0 aromatic carbocycles.